The maximum absolute atomic E-state index is 12.4. The first-order chi connectivity index (χ1) is 10.9. The van der Waals surface area contributed by atoms with Gasteiger partial charge in [-0.25, -0.2) is 9.69 Å². The average molecular weight is 342 g/mol. The van der Waals surface area contributed by atoms with Crippen molar-refractivity contribution in [2.24, 2.45) is 0 Å². The van der Waals surface area contributed by atoms with Crippen molar-refractivity contribution in [2.45, 2.75) is 63.9 Å². The number of carbonyl (C=O) groups is 3. The molecule has 0 aromatic rings. The summed E-state index contributed by atoms with van der Waals surface area (Å²) in [5.41, 5.74) is -1.31. The highest BCUT2D eigenvalue weighted by atomic mass is 35.5. The molecule has 2 aliphatic heterocycles. The van der Waals surface area contributed by atoms with E-state index in [0.29, 0.717) is 6.42 Å². The molecule has 0 bridgehead atoms. The van der Waals surface area contributed by atoms with Crippen LogP contribution in [0.3, 0.4) is 0 Å². The molecule has 6 nitrogen and oxygen atoms in total. The van der Waals surface area contributed by atoms with Crippen molar-refractivity contribution in [1.29, 1.82) is 0 Å². The predicted octanol–water partition coefficient (Wildman–Crippen LogP) is 2.23. The van der Waals surface area contributed by atoms with Gasteiger partial charge in [0.2, 0.25) is 12.2 Å². The summed E-state index contributed by atoms with van der Waals surface area (Å²) in [6.07, 6.45) is 1.97. The first kappa shape index (κ1) is 17.8. The summed E-state index contributed by atoms with van der Waals surface area (Å²) < 4.78 is 10.7. The van der Waals surface area contributed by atoms with Gasteiger partial charge in [-0.05, 0) is 13.3 Å². The number of ether oxygens (including phenoxy) is 2. The summed E-state index contributed by atoms with van der Waals surface area (Å²) in [7, 11) is 0. The molecule has 2 aliphatic rings. The van der Waals surface area contributed by atoms with Crippen LogP contribution in [0.1, 0.15) is 46.0 Å². The molecule has 0 aliphatic carbocycles. The number of Topliss-reactive ketones (excluding diaryl/α,β-unsaturated/α-hetero) is 1. The van der Waals surface area contributed by atoms with Crippen molar-refractivity contribution >= 4 is 29.4 Å². The van der Waals surface area contributed by atoms with Gasteiger partial charge in [0.1, 0.15) is 11.9 Å². The zero-order valence-corrected chi connectivity index (χ0v) is 14.0. The number of alkyl halides is 1. The minimum atomic E-state index is -1.31. The largest absolute Gasteiger partial charge is 0.419 e. The van der Waals surface area contributed by atoms with E-state index in [2.05, 4.69) is 18.8 Å². The van der Waals surface area contributed by atoms with Gasteiger partial charge in [0.15, 0.2) is 11.4 Å². The summed E-state index contributed by atoms with van der Waals surface area (Å²) in [6, 6.07) is -0.767. The first-order valence-electron chi connectivity index (χ1n) is 7.72. The topological polar surface area (TPSA) is 72.9 Å². The Bertz CT molecular complexity index is 567. The second kappa shape index (κ2) is 7.33. The normalized spacial score (nSPS) is 29.6. The van der Waals surface area contributed by atoms with E-state index in [0.717, 1.165) is 24.2 Å². The van der Waals surface area contributed by atoms with Gasteiger partial charge < -0.3 is 9.47 Å². The molecule has 7 heteroatoms. The number of unbranched alkanes of at least 4 members (excludes halogenated alkanes) is 3. The monoisotopic (exact) mass is 341 g/mol. The summed E-state index contributed by atoms with van der Waals surface area (Å²) in [6.45, 7) is 3.67. The fourth-order valence-corrected chi connectivity index (χ4v) is 2.74. The lowest BCUT2D eigenvalue weighted by atomic mass is 9.91. The van der Waals surface area contributed by atoms with Crippen LogP contribution in [0.2, 0.25) is 0 Å². The van der Waals surface area contributed by atoms with E-state index in [1.54, 1.807) is 6.92 Å². The molecule has 0 saturated carbocycles. The Labute approximate surface area is 140 Å². The van der Waals surface area contributed by atoms with Crippen LogP contribution in [0.15, 0.2) is 0 Å². The molecule has 0 aromatic heterocycles. The number of halogens is 1. The van der Waals surface area contributed by atoms with Crippen LogP contribution >= 0.6 is 11.6 Å². The Balaban J connectivity index is 2.08. The Kier molecular flexibility index (Phi) is 5.66. The summed E-state index contributed by atoms with van der Waals surface area (Å²) in [5, 5.41) is 0. The molecule has 3 atom stereocenters. The van der Waals surface area contributed by atoms with Crippen molar-refractivity contribution in [1.82, 2.24) is 4.90 Å². The predicted molar refractivity (Wildman–Crippen MR) is 82.7 cm³/mol. The van der Waals surface area contributed by atoms with Crippen LogP contribution in [0.4, 0.5) is 4.79 Å². The van der Waals surface area contributed by atoms with Gasteiger partial charge in [-0.2, -0.15) is 0 Å². The van der Waals surface area contributed by atoms with Crippen LogP contribution in [0.5, 0.6) is 0 Å². The molecule has 2 amide bonds. The van der Waals surface area contributed by atoms with Gasteiger partial charge >= 0.3 is 6.09 Å². The van der Waals surface area contributed by atoms with Crippen LogP contribution in [-0.2, 0) is 19.1 Å². The number of nitrogens with zero attached hydrogens (tertiary/aromatic N) is 1. The Morgan fingerprint density at radius 2 is 2.17 bits per heavy atom. The van der Waals surface area contributed by atoms with Crippen molar-refractivity contribution in [3.63, 3.8) is 0 Å². The smallest absolute Gasteiger partial charge is 0.417 e. The second-order valence-corrected chi connectivity index (χ2v) is 6.02. The van der Waals surface area contributed by atoms with Crippen LogP contribution in [-0.4, -0.2) is 46.5 Å². The Morgan fingerprint density at radius 1 is 1.43 bits per heavy atom. The summed E-state index contributed by atoms with van der Waals surface area (Å²) in [4.78, 5) is 36.7. The zero-order valence-electron chi connectivity index (χ0n) is 13.3. The molecule has 2 rings (SSSR count). The van der Waals surface area contributed by atoms with E-state index in [9.17, 15) is 14.4 Å². The number of hydrogen-bond donors (Lipinski definition) is 0. The molecule has 2 heterocycles. The summed E-state index contributed by atoms with van der Waals surface area (Å²) >= 11 is 5.48. The van der Waals surface area contributed by atoms with Crippen LogP contribution < -0.4 is 0 Å². The molecule has 0 N–H and O–H groups in total. The standard InChI is InChI=1S/C16H20ClNO5/c1-3-4-5-6-7-8-16(2)12(19)9-11-14(23-16)22-15(21)18(11)13(20)10-17/h11,14H,3-6,9-10H2,1-2H3/t11-,14+,16-/m1/s1. The molecule has 0 spiro atoms. The quantitative estimate of drug-likeness (QED) is 0.445. The highest BCUT2D eigenvalue weighted by molar-refractivity contribution is 6.28. The van der Waals surface area contributed by atoms with Crippen molar-refractivity contribution < 1.29 is 23.9 Å². The molecule has 126 valence electrons. The second-order valence-electron chi connectivity index (χ2n) is 5.75. The fraction of sp³-hybridized carbons (Fsp3) is 0.688. The Morgan fingerprint density at radius 3 is 2.83 bits per heavy atom. The van der Waals surface area contributed by atoms with E-state index in [1.165, 1.54) is 0 Å². The number of carbonyl (C=O) groups excluding carboxylic acids is 3. The van der Waals surface area contributed by atoms with E-state index in [4.69, 9.17) is 21.1 Å². The highest BCUT2D eigenvalue weighted by Crippen LogP contribution is 2.34. The van der Waals surface area contributed by atoms with Crippen molar-refractivity contribution in [3.05, 3.63) is 0 Å². The van der Waals surface area contributed by atoms with Gasteiger partial charge in [0, 0.05) is 12.8 Å². The third-order valence-corrected chi connectivity index (χ3v) is 4.18. The number of ketones is 1. The van der Waals surface area contributed by atoms with E-state index in [-0.39, 0.29) is 18.1 Å². The SMILES string of the molecule is CCCCCC#C[C@@]1(C)O[C@@H]2OC(=O)N(C(=O)CCl)[C@@H]2CC1=O. The molecule has 2 saturated heterocycles. The maximum atomic E-state index is 12.4. The number of rotatable bonds is 4. The minimum absolute atomic E-state index is 0.0425. The lowest BCUT2D eigenvalue weighted by Crippen LogP contribution is -2.54. The molecular formula is C16H20ClNO5. The Hall–Kier alpha value is -1.58. The minimum Gasteiger partial charge on any atom is -0.417 e. The van der Waals surface area contributed by atoms with Gasteiger partial charge in [-0.1, -0.05) is 31.6 Å². The van der Waals surface area contributed by atoms with Crippen LogP contribution in [0, 0.1) is 11.8 Å². The first-order valence-corrected chi connectivity index (χ1v) is 8.26. The molecule has 0 radical (unpaired) electrons. The highest BCUT2D eigenvalue weighted by Gasteiger charge is 2.55. The number of imide groups is 1. The molecule has 0 aromatic carbocycles. The molecular weight excluding hydrogens is 322 g/mol. The molecule has 2 fully saturated rings. The van der Waals surface area contributed by atoms with Gasteiger partial charge in [0.05, 0.1) is 0 Å². The molecule has 0 unspecified atom stereocenters. The summed E-state index contributed by atoms with van der Waals surface area (Å²) in [5.74, 6) is 4.58. The third-order valence-electron chi connectivity index (χ3n) is 3.95. The van der Waals surface area contributed by atoms with E-state index >= 15 is 0 Å². The third kappa shape index (κ3) is 3.67. The van der Waals surface area contributed by atoms with Crippen molar-refractivity contribution in [2.75, 3.05) is 5.88 Å². The molecule has 23 heavy (non-hydrogen) atoms. The number of hydrogen-bond acceptors (Lipinski definition) is 5. The van der Waals surface area contributed by atoms with Gasteiger partial charge in [-0.3, -0.25) is 9.59 Å². The lowest BCUT2D eigenvalue weighted by molar-refractivity contribution is -0.187. The average Bonchev–Trinajstić information content (AvgIpc) is 2.81. The van der Waals surface area contributed by atoms with Gasteiger partial charge in [0.25, 0.3) is 0 Å². The number of fused-ring (bicyclic) bond motifs is 1. The number of amides is 2. The van der Waals surface area contributed by atoms with Crippen LogP contribution in [0.25, 0.3) is 0 Å². The van der Waals surface area contributed by atoms with Gasteiger partial charge in [-0.15, -0.1) is 11.6 Å². The lowest BCUT2D eigenvalue weighted by Gasteiger charge is -2.34. The van der Waals surface area contributed by atoms with E-state index in [1.807, 2.05) is 0 Å². The fourth-order valence-electron chi connectivity index (χ4n) is 2.61. The maximum Gasteiger partial charge on any atom is 0.419 e. The van der Waals surface area contributed by atoms with E-state index < -0.39 is 29.9 Å². The zero-order chi connectivity index (χ0) is 17.0. The van der Waals surface area contributed by atoms with Crippen molar-refractivity contribution in [3.8, 4) is 11.8 Å².